The lowest BCUT2D eigenvalue weighted by molar-refractivity contribution is -0.137. The highest BCUT2D eigenvalue weighted by Gasteiger charge is 2.29. The zero-order chi connectivity index (χ0) is 15.2. The number of rotatable bonds is 7. The molecule has 1 N–H and O–H groups in total. The van der Waals surface area contributed by atoms with Crippen molar-refractivity contribution in [3.05, 3.63) is 35.4 Å². The lowest BCUT2D eigenvalue weighted by Crippen LogP contribution is -2.33. The van der Waals surface area contributed by atoms with Crippen LogP contribution in [0.25, 0.3) is 0 Å². The van der Waals surface area contributed by atoms with Crippen LogP contribution >= 0.6 is 0 Å². The second-order valence-corrected chi connectivity index (χ2v) is 5.36. The monoisotopic (exact) mass is 288 g/mol. The summed E-state index contributed by atoms with van der Waals surface area (Å²) in [6.07, 6.45) is -3.49. The number of halogens is 3. The first-order valence-corrected chi connectivity index (χ1v) is 6.87. The van der Waals surface area contributed by atoms with Crippen molar-refractivity contribution >= 4 is 0 Å². The summed E-state index contributed by atoms with van der Waals surface area (Å²) in [6.45, 7) is 6.88. The molecular formula is C15H23F3N2. The van der Waals surface area contributed by atoms with Crippen LogP contribution in [-0.2, 0) is 12.6 Å². The molecule has 0 bridgehead atoms. The third-order valence-corrected chi connectivity index (χ3v) is 3.11. The first-order valence-electron chi connectivity index (χ1n) is 6.87. The minimum Gasteiger partial charge on any atom is -0.313 e. The van der Waals surface area contributed by atoms with Gasteiger partial charge in [-0.1, -0.05) is 26.0 Å². The highest BCUT2D eigenvalue weighted by atomic mass is 19.4. The molecule has 114 valence electrons. The maximum atomic E-state index is 12.4. The van der Waals surface area contributed by atoms with E-state index in [0.29, 0.717) is 6.04 Å². The van der Waals surface area contributed by atoms with E-state index in [-0.39, 0.29) is 0 Å². The topological polar surface area (TPSA) is 15.3 Å². The number of nitrogens with zero attached hydrogens (tertiary/aromatic N) is 1. The van der Waals surface area contributed by atoms with Gasteiger partial charge < -0.3 is 10.2 Å². The van der Waals surface area contributed by atoms with Gasteiger partial charge in [-0.15, -0.1) is 0 Å². The summed E-state index contributed by atoms with van der Waals surface area (Å²) in [5.41, 5.74) is 0.345. The van der Waals surface area contributed by atoms with Gasteiger partial charge in [0.2, 0.25) is 0 Å². The average molecular weight is 288 g/mol. The molecule has 0 aliphatic carbocycles. The summed E-state index contributed by atoms with van der Waals surface area (Å²) in [5, 5.41) is 3.33. The van der Waals surface area contributed by atoms with E-state index in [0.717, 1.165) is 43.8 Å². The molecule has 0 aliphatic rings. The standard InChI is InChI=1S/C15H23F3N2/c1-12(2)19-9-11-20(3)10-8-13-4-6-14(7-5-13)15(16,17)18/h4-7,12,19H,8-11H2,1-3H3. The summed E-state index contributed by atoms with van der Waals surface area (Å²) >= 11 is 0. The zero-order valence-electron chi connectivity index (χ0n) is 12.3. The van der Waals surface area contributed by atoms with Crippen molar-refractivity contribution in [2.24, 2.45) is 0 Å². The Bertz CT molecular complexity index is 385. The Morgan fingerprint density at radius 2 is 1.70 bits per heavy atom. The highest BCUT2D eigenvalue weighted by Crippen LogP contribution is 2.29. The van der Waals surface area contributed by atoms with Crippen LogP contribution < -0.4 is 5.32 Å². The lowest BCUT2D eigenvalue weighted by atomic mass is 10.1. The molecule has 0 unspecified atom stereocenters. The van der Waals surface area contributed by atoms with E-state index >= 15 is 0 Å². The zero-order valence-corrected chi connectivity index (χ0v) is 12.3. The third kappa shape index (κ3) is 6.39. The maximum absolute atomic E-state index is 12.4. The van der Waals surface area contributed by atoms with Gasteiger partial charge in [0, 0.05) is 25.7 Å². The molecule has 0 amide bonds. The molecule has 0 spiro atoms. The second kappa shape index (κ2) is 7.64. The minimum atomic E-state index is -4.25. The van der Waals surface area contributed by atoms with Crippen molar-refractivity contribution in [1.82, 2.24) is 10.2 Å². The Balaban J connectivity index is 2.34. The van der Waals surface area contributed by atoms with E-state index in [1.165, 1.54) is 0 Å². The number of nitrogens with one attached hydrogen (secondary N) is 1. The third-order valence-electron chi connectivity index (χ3n) is 3.11. The van der Waals surface area contributed by atoms with Crippen molar-refractivity contribution in [3.63, 3.8) is 0 Å². The molecule has 0 saturated carbocycles. The summed E-state index contributed by atoms with van der Waals surface area (Å²) in [5.74, 6) is 0. The normalized spacial score (nSPS) is 12.4. The molecule has 0 aromatic heterocycles. The molecule has 5 heteroatoms. The summed E-state index contributed by atoms with van der Waals surface area (Å²) in [4.78, 5) is 2.17. The number of benzene rings is 1. The van der Waals surface area contributed by atoms with E-state index in [4.69, 9.17) is 0 Å². The average Bonchev–Trinajstić information content (AvgIpc) is 2.35. The van der Waals surface area contributed by atoms with Gasteiger partial charge >= 0.3 is 6.18 Å². The molecule has 0 heterocycles. The van der Waals surface area contributed by atoms with E-state index in [9.17, 15) is 13.2 Å². The molecule has 1 aromatic rings. The molecule has 1 aromatic carbocycles. The number of hydrogen-bond donors (Lipinski definition) is 1. The molecule has 0 atom stereocenters. The SMILES string of the molecule is CC(C)NCCN(C)CCc1ccc(C(F)(F)F)cc1. The van der Waals surface area contributed by atoms with Crippen molar-refractivity contribution in [1.29, 1.82) is 0 Å². The predicted octanol–water partition coefficient (Wildman–Crippen LogP) is 3.18. The predicted molar refractivity (Wildman–Crippen MR) is 75.8 cm³/mol. The van der Waals surface area contributed by atoms with E-state index in [2.05, 4.69) is 24.1 Å². The van der Waals surface area contributed by atoms with Crippen LogP contribution in [0.4, 0.5) is 13.2 Å². The van der Waals surface area contributed by atoms with Gasteiger partial charge in [0.1, 0.15) is 0 Å². The van der Waals surface area contributed by atoms with Crippen LogP contribution in [0.15, 0.2) is 24.3 Å². The molecule has 0 saturated heterocycles. The Morgan fingerprint density at radius 3 is 2.20 bits per heavy atom. The van der Waals surface area contributed by atoms with Crippen LogP contribution in [0.5, 0.6) is 0 Å². The van der Waals surface area contributed by atoms with Crippen molar-refractivity contribution < 1.29 is 13.2 Å². The summed E-state index contributed by atoms with van der Waals surface area (Å²) in [6, 6.07) is 5.88. The van der Waals surface area contributed by atoms with Crippen LogP contribution in [0, 0.1) is 0 Å². The lowest BCUT2D eigenvalue weighted by Gasteiger charge is -2.18. The van der Waals surface area contributed by atoms with Gasteiger partial charge in [-0.3, -0.25) is 0 Å². The van der Waals surface area contributed by atoms with Crippen LogP contribution in [0.1, 0.15) is 25.0 Å². The van der Waals surface area contributed by atoms with Crippen LogP contribution in [0.3, 0.4) is 0 Å². The molecule has 1 rings (SSSR count). The molecule has 0 radical (unpaired) electrons. The van der Waals surface area contributed by atoms with Crippen molar-refractivity contribution in [2.45, 2.75) is 32.5 Å². The van der Waals surface area contributed by atoms with Gasteiger partial charge in [0.25, 0.3) is 0 Å². The fourth-order valence-corrected chi connectivity index (χ4v) is 1.84. The fraction of sp³-hybridized carbons (Fsp3) is 0.600. The van der Waals surface area contributed by atoms with Gasteiger partial charge in [-0.05, 0) is 31.2 Å². The van der Waals surface area contributed by atoms with Crippen LogP contribution in [0.2, 0.25) is 0 Å². The number of likely N-dealkylation sites (N-methyl/N-ethyl adjacent to an activating group) is 1. The van der Waals surface area contributed by atoms with Gasteiger partial charge in [-0.25, -0.2) is 0 Å². The van der Waals surface area contributed by atoms with Gasteiger partial charge in [-0.2, -0.15) is 13.2 Å². The van der Waals surface area contributed by atoms with Crippen molar-refractivity contribution in [3.8, 4) is 0 Å². The van der Waals surface area contributed by atoms with E-state index in [1.54, 1.807) is 12.1 Å². The quantitative estimate of drug-likeness (QED) is 0.829. The molecule has 2 nitrogen and oxygen atoms in total. The Kier molecular flexibility index (Phi) is 6.49. The molecular weight excluding hydrogens is 265 g/mol. The second-order valence-electron chi connectivity index (χ2n) is 5.36. The van der Waals surface area contributed by atoms with Gasteiger partial charge in [0.05, 0.1) is 5.56 Å². The van der Waals surface area contributed by atoms with Crippen molar-refractivity contribution in [2.75, 3.05) is 26.7 Å². The summed E-state index contributed by atoms with van der Waals surface area (Å²) < 4.78 is 37.3. The Morgan fingerprint density at radius 1 is 1.10 bits per heavy atom. The molecule has 20 heavy (non-hydrogen) atoms. The van der Waals surface area contributed by atoms with E-state index < -0.39 is 11.7 Å². The Hall–Kier alpha value is -1.07. The summed E-state index contributed by atoms with van der Waals surface area (Å²) in [7, 11) is 2.02. The maximum Gasteiger partial charge on any atom is 0.416 e. The largest absolute Gasteiger partial charge is 0.416 e. The fourth-order valence-electron chi connectivity index (χ4n) is 1.84. The molecule has 0 fully saturated rings. The number of hydrogen-bond acceptors (Lipinski definition) is 2. The minimum absolute atomic E-state index is 0.471. The molecule has 0 aliphatic heterocycles. The highest BCUT2D eigenvalue weighted by molar-refractivity contribution is 5.24. The smallest absolute Gasteiger partial charge is 0.313 e. The van der Waals surface area contributed by atoms with Gasteiger partial charge in [0.15, 0.2) is 0 Å². The Labute approximate surface area is 119 Å². The van der Waals surface area contributed by atoms with E-state index in [1.807, 2.05) is 7.05 Å². The first-order chi connectivity index (χ1) is 9.29. The number of alkyl halides is 3. The first kappa shape index (κ1) is 17.0. The van der Waals surface area contributed by atoms with Crippen LogP contribution in [-0.4, -0.2) is 37.6 Å².